The molecule has 0 bridgehead atoms. The Morgan fingerprint density at radius 3 is 3.06 bits per heavy atom. The summed E-state index contributed by atoms with van der Waals surface area (Å²) in [5.74, 6) is -0.161. The maximum absolute atomic E-state index is 13.4. The van der Waals surface area contributed by atoms with Gasteiger partial charge in [-0.25, -0.2) is 4.39 Å². The summed E-state index contributed by atoms with van der Waals surface area (Å²) < 4.78 is 13.4. The third-order valence-electron chi connectivity index (χ3n) is 3.52. The first kappa shape index (κ1) is 9.85. The standard InChI is InChI=1S/C13H15FN2/c1-7-5-8(14)6-10-9-3-2-4-11(15)13(9)16-12(7)10/h5-6,11,16H,2-4,15H2,1H3. The van der Waals surface area contributed by atoms with Crippen LogP contribution < -0.4 is 5.73 Å². The average Bonchev–Trinajstić information content (AvgIpc) is 2.59. The number of benzene rings is 1. The molecule has 0 saturated heterocycles. The van der Waals surface area contributed by atoms with Crippen LogP contribution in [0.25, 0.3) is 10.9 Å². The van der Waals surface area contributed by atoms with Crippen molar-refractivity contribution in [3.05, 3.63) is 34.8 Å². The monoisotopic (exact) mass is 218 g/mol. The Kier molecular flexibility index (Phi) is 2.04. The van der Waals surface area contributed by atoms with Crippen molar-refractivity contribution < 1.29 is 4.39 Å². The number of H-pyrrole nitrogens is 1. The first-order chi connectivity index (χ1) is 7.66. The Hall–Kier alpha value is -1.35. The first-order valence-electron chi connectivity index (χ1n) is 5.73. The number of fused-ring (bicyclic) bond motifs is 3. The maximum Gasteiger partial charge on any atom is 0.124 e. The fraction of sp³-hybridized carbons (Fsp3) is 0.385. The normalized spacial score (nSPS) is 20.1. The van der Waals surface area contributed by atoms with Crippen LogP contribution in [0.15, 0.2) is 12.1 Å². The number of aryl methyl sites for hydroxylation is 2. The van der Waals surface area contributed by atoms with E-state index in [9.17, 15) is 4.39 Å². The minimum absolute atomic E-state index is 0.0820. The summed E-state index contributed by atoms with van der Waals surface area (Å²) in [5.41, 5.74) is 10.4. The lowest BCUT2D eigenvalue weighted by Crippen LogP contribution is -2.16. The Balaban J connectivity index is 2.36. The summed E-state index contributed by atoms with van der Waals surface area (Å²) in [6.45, 7) is 1.93. The van der Waals surface area contributed by atoms with E-state index in [1.807, 2.05) is 6.92 Å². The maximum atomic E-state index is 13.4. The molecule has 1 aromatic heterocycles. The van der Waals surface area contributed by atoms with E-state index in [0.717, 1.165) is 41.4 Å². The van der Waals surface area contributed by atoms with Crippen LogP contribution in [0.5, 0.6) is 0 Å². The van der Waals surface area contributed by atoms with E-state index in [1.54, 1.807) is 12.1 Å². The SMILES string of the molecule is Cc1cc(F)cc2c3c([nH]c12)C(N)CCC3. The van der Waals surface area contributed by atoms with Gasteiger partial charge in [0, 0.05) is 22.6 Å². The summed E-state index contributed by atoms with van der Waals surface area (Å²) >= 11 is 0. The van der Waals surface area contributed by atoms with Crippen molar-refractivity contribution in [2.24, 2.45) is 5.73 Å². The molecular weight excluding hydrogens is 203 g/mol. The van der Waals surface area contributed by atoms with Crippen LogP contribution >= 0.6 is 0 Å². The van der Waals surface area contributed by atoms with E-state index in [4.69, 9.17) is 5.73 Å². The van der Waals surface area contributed by atoms with Crippen LogP contribution in [-0.4, -0.2) is 4.98 Å². The third kappa shape index (κ3) is 1.28. The molecule has 0 fully saturated rings. The van der Waals surface area contributed by atoms with Gasteiger partial charge in [0.15, 0.2) is 0 Å². The van der Waals surface area contributed by atoms with E-state index in [0.29, 0.717) is 0 Å². The van der Waals surface area contributed by atoms with Gasteiger partial charge in [0.25, 0.3) is 0 Å². The molecule has 3 N–H and O–H groups in total. The molecule has 3 heteroatoms. The zero-order valence-electron chi connectivity index (χ0n) is 9.31. The molecule has 84 valence electrons. The zero-order valence-corrected chi connectivity index (χ0v) is 9.31. The lowest BCUT2D eigenvalue weighted by Gasteiger charge is -2.18. The number of rotatable bonds is 0. The average molecular weight is 218 g/mol. The summed E-state index contributed by atoms with van der Waals surface area (Å²) in [5, 5.41) is 1.02. The second-order valence-electron chi connectivity index (χ2n) is 4.66. The molecule has 0 radical (unpaired) electrons. The van der Waals surface area contributed by atoms with Crippen molar-refractivity contribution in [3.8, 4) is 0 Å². The molecule has 2 nitrogen and oxygen atoms in total. The van der Waals surface area contributed by atoms with Crippen LogP contribution in [0.4, 0.5) is 4.39 Å². The molecule has 1 atom stereocenters. The summed E-state index contributed by atoms with van der Waals surface area (Å²) in [7, 11) is 0. The Bertz CT molecular complexity index is 557. The van der Waals surface area contributed by atoms with Gasteiger partial charge >= 0.3 is 0 Å². The van der Waals surface area contributed by atoms with Gasteiger partial charge in [0.1, 0.15) is 5.82 Å². The van der Waals surface area contributed by atoms with Crippen LogP contribution in [0.3, 0.4) is 0 Å². The van der Waals surface area contributed by atoms with Gasteiger partial charge in [0.2, 0.25) is 0 Å². The van der Waals surface area contributed by atoms with Crippen LogP contribution in [0, 0.1) is 12.7 Å². The van der Waals surface area contributed by atoms with Gasteiger partial charge in [-0.05, 0) is 49.4 Å². The summed E-state index contributed by atoms with van der Waals surface area (Å²) in [4.78, 5) is 3.37. The van der Waals surface area contributed by atoms with Crippen LogP contribution in [-0.2, 0) is 6.42 Å². The number of halogens is 1. The van der Waals surface area contributed by atoms with Crippen molar-refractivity contribution in [1.82, 2.24) is 4.98 Å². The molecule has 1 unspecified atom stereocenters. The topological polar surface area (TPSA) is 41.8 Å². The first-order valence-corrected chi connectivity index (χ1v) is 5.73. The summed E-state index contributed by atoms with van der Waals surface area (Å²) in [6.07, 6.45) is 3.12. The fourth-order valence-electron chi connectivity index (χ4n) is 2.73. The number of hydrogen-bond donors (Lipinski definition) is 2. The highest BCUT2D eigenvalue weighted by Gasteiger charge is 2.22. The highest BCUT2D eigenvalue weighted by molar-refractivity contribution is 5.87. The molecule has 1 aliphatic carbocycles. The molecule has 2 aromatic rings. The summed E-state index contributed by atoms with van der Waals surface area (Å²) in [6, 6.07) is 3.27. The van der Waals surface area contributed by atoms with Crippen molar-refractivity contribution in [3.63, 3.8) is 0 Å². The lowest BCUT2D eigenvalue weighted by molar-refractivity contribution is 0.562. The predicted octanol–water partition coefficient (Wildman–Crippen LogP) is 2.95. The van der Waals surface area contributed by atoms with E-state index in [2.05, 4.69) is 4.98 Å². The minimum Gasteiger partial charge on any atom is -0.357 e. The fourth-order valence-corrected chi connectivity index (χ4v) is 2.73. The van der Waals surface area contributed by atoms with Gasteiger partial charge in [-0.1, -0.05) is 0 Å². The number of hydrogen-bond acceptors (Lipinski definition) is 1. The minimum atomic E-state index is -0.161. The Morgan fingerprint density at radius 2 is 2.25 bits per heavy atom. The van der Waals surface area contributed by atoms with Gasteiger partial charge in [-0.2, -0.15) is 0 Å². The van der Waals surface area contributed by atoms with Crippen molar-refractivity contribution in [2.75, 3.05) is 0 Å². The van der Waals surface area contributed by atoms with Crippen molar-refractivity contribution in [1.29, 1.82) is 0 Å². The lowest BCUT2D eigenvalue weighted by atomic mass is 9.92. The highest BCUT2D eigenvalue weighted by Crippen LogP contribution is 2.34. The molecule has 0 aliphatic heterocycles. The number of aromatic nitrogens is 1. The molecule has 0 amide bonds. The molecule has 0 saturated carbocycles. The number of nitrogens with one attached hydrogen (secondary N) is 1. The molecule has 1 aliphatic rings. The predicted molar refractivity (Wildman–Crippen MR) is 62.9 cm³/mol. The quantitative estimate of drug-likeness (QED) is 0.701. The number of aromatic amines is 1. The molecule has 1 aromatic carbocycles. The molecule has 16 heavy (non-hydrogen) atoms. The van der Waals surface area contributed by atoms with Crippen molar-refractivity contribution in [2.45, 2.75) is 32.2 Å². The Morgan fingerprint density at radius 1 is 1.44 bits per heavy atom. The van der Waals surface area contributed by atoms with Gasteiger partial charge in [-0.15, -0.1) is 0 Å². The third-order valence-corrected chi connectivity index (χ3v) is 3.52. The Labute approximate surface area is 93.6 Å². The largest absolute Gasteiger partial charge is 0.357 e. The van der Waals surface area contributed by atoms with E-state index in [-0.39, 0.29) is 11.9 Å². The second-order valence-corrected chi connectivity index (χ2v) is 4.66. The molecule has 3 rings (SSSR count). The van der Waals surface area contributed by atoms with E-state index in [1.165, 1.54) is 5.56 Å². The van der Waals surface area contributed by atoms with E-state index >= 15 is 0 Å². The van der Waals surface area contributed by atoms with Gasteiger partial charge < -0.3 is 10.7 Å². The van der Waals surface area contributed by atoms with Gasteiger partial charge in [-0.3, -0.25) is 0 Å². The molecular formula is C13H15FN2. The van der Waals surface area contributed by atoms with Crippen molar-refractivity contribution >= 4 is 10.9 Å². The molecule has 1 heterocycles. The van der Waals surface area contributed by atoms with Gasteiger partial charge in [0.05, 0.1) is 0 Å². The second kappa shape index (κ2) is 3.32. The van der Waals surface area contributed by atoms with Crippen LogP contribution in [0.1, 0.15) is 35.7 Å². The molecule has 0 spiro atoms. The van der Waals surface area contributed by atoms with Crippen LogP contribution in [0.2, 0.25) is 0 Å². The number of nitrogens with two attached hydrogens (primary N) is 1. The van der Waals surface area contributed by atoms with E-state index < -0.39 is 0 Å². The highest BCUT2D eigenvalue weighted by atomic mass is 19.1. The zero-order chi connectivity index (χ0) is 11.3. The smallest absolute Gasteiger partial charge is 0.124 e.